The van der Waals surface area contributed by atoms with Gasteiger partial charge in [0, 0.05) is 39.0 Å². The normalized spacial score (nSPS) is 19.9. The van der Waals surface area contributed by atoms with Crippen LogP contribution >= 0.6 is 0 Å². The Bertz CT molecular complexity index is 484. The van der Waals surface area contributed by atoms with Crippen molar-refractivity contribution in [2.45, 2.75) is 52.5 Å². The second kappa shape index (κ2) is 8.50. The van der Waals surface area contributed by atoms with Crippen LogP contribution in [0.5, 0.6) is 0 Å². The van der Waals surface area contributed by atoms with Gasteiger partial charge in [0.1, 0.15) is 0 Å². The van der Waals surface area contributed by atoms with Crippen LogP contribution in [0.3, 0.4) is 0 Å². The van der Waals surface area contributed by atoms with E-state index in [4.69, 9.17) is 0 Å². The summed E-state index contributed by atoms with van der Waals surface area (Å²) in [5.74, 6) is 0.0324. The van der Waals surface area contributed by atoms with Gasteiger partial charge in [0.2, 0.25) is 11.8 Å². The van der Waals surface area contributed by atoms with Gasteiger partial charge in [-0.15, -0.1) is 0 Å². The molecule has 0 aromatic carbocycles. The molecule has 1 aliphatic heterocycles. The molecule has 128 valence electrons. The Kier molecular flexibility index (Phi) is 7.32. The van der Waals surface area contributed by atoms with Crippen LogP contribution in [0.4, 0.5) is 0 Å². The van der Waals surface area contributed by atoms with E-state index in [0.717, 1.165) is 25.9 Å². The molecule has 0 spiro atoms. The molecule has 1 fully saturated rings. The van der Waals surface area contributed by atoms with Gasteiger partial charge in [-0.05, 0) is 19.3 Å². The van der Waals surface area contributed by atoms with Crippen LogP contribution in [-0.2, 0) is 19.4 Å². The molecule has 1 aliphatic rings. The van der Waals surface area contributed by atoms with Crippen molar-refractivity contribution in [3.05, 3.63) is 0 Å². The minimum Gasteiger partial charge on any atom is -0.343 e. The Morgan fingerprint density at radius 3 is 2.09 bits per heavy atom. The van der Waals surface area contributed by atoms with Crippen molar-refractivity contribution >= 4 is 21.7 Å². The lowest BCUT2D eigenvalue weighted by Gasteiger charge is -2.28. The van der Waals surface area contributed by atoms with Crippen molar-refractivity contribution in [1.29, 1.82) is 0 Å². The Balaban J connectivity index is 2.61. The van der Waals surface area contributed by atoms with Crippen molar-refractivity contribution in [2.24, 2.45) is 0 Å². The molecule has 0 radical (unpaired) electrons. The minimum absolute atomic E-state index is 0.0222. The standard InChI is InChI=1S/C15H28N2O4S/c1-4-8-16(9-5-2)15(19)6-10-17(13(3)18)14-7-11-22(20,21)12-14/h14H,4-12H2,1-3H3. The fourth-order valence-electron chi connectivity index (χ4n) is 2.89. The Hall–Kier alpha value is -1.11. The second-order valence-electron chi connectivity index (χ2n) is 5.90. The highest BCUT2D eigenvalue weighted by atomic mass is 32.2. The number of hydrogen-bond acceptors (Lipinski definition) is 4. The molecule has 1 unspecified atom stereocenters. The molecule has 0 aromatic heterocycles. The lowest BCUT2D eigenvalue weighted by Crippen LogP contribution is -2.42. The van der Waals surface area contributed by atoms with E-state index in [0.29, 0.717) is 13.0 Å². The first-order chi connectivity index (χ1) is 10.3. The molecule has 0 bridgehead atoms. The number of carbonyl (C=O) groups excluding carboxylic acids is 2. The van der Waals surface area contributed by atoms with E-state index in [2.05, 4.69) is 0 Å². The van der Waals surface area contributed by atoms with E-state index in [1.165, 1.54) is 6.92 Å². The van der Waals surface area contributed by atoms with Crippen LogP contribution in [0.15, 0.2) is 0 Å². The van der Waals surface area contributed by atoms with Crippen molar-refractivity contribution in [3.63, 3.8) is 0 Å². The van der Waals surface area contributed by atoms with Crippen LogP contribution in [0.2, 0.25) is 0 Å². The molecule has 0 N–H and O–H groups in total. The first kappa shape index (κ1) is 18.9. The molecular formula is C15H28N2O4S. The Morgan fingerprint density at radius 2 is 1.68 bits per heavy atom. The van der Waals surface area contributed by atoms with Crippen LogP contribution in [-0.4, -0.2) is 67.2 Å². The van der Waals surface area contributed by atoms with Gasteiger partial charge in [0.25, 0.3) is 0 Å². The summed E-state index contributed by atoms with van der Waals surface area (Å²) >= 11 is 0. The van der Waals surface area contributed by atoms with Crippen molar-refractivity contribution in [3.8, 4) is 0 Å². The summed E-state index contributed by atoms with van der Waals surface area (Å²) in [6.07, 6.45) is 2.55. The molecular weight excluding hydrogens is 304 g/mol. The van der Waals surface area contributed by atoms with Crippen LogP contribution in [0.1, 0.15) is 46.5 Å². The van der Waals surface area contributed by atoms with Crippen LogP contribution in [0.25, 0.3) is 0 Å². The summed E-state index contributed by atoms with van der Waals surface area (Å²) in [6.45, 7) is 7.25. The van der Waals surface area contributed by atoms with Gasteiger partial charge >= 0.3 is 0 Å². The van der Waals surface area contributed by atoms with Crippen molar-refractivity contribution in [2.75, 3.05) is 31.1 Å². The van der Waals surface area contributed by atoms with Crippen LogP contribution in [0, 0.1) is 0 Å². The maximum Gasteiger partial charge on any atom is 0.224 e. The van der Waals surface area contributed by atoms with Gasteiger partial charge in [-0.25, -0.2) is 8.42 Å². The molecule has 0 aromatic rings. The number of nitrogens with zero attached hydrogens (tertiary/aromatic N) is 2. The third kappa shape index (κ3) is 5.59. The predicted octanol–water partition coefficient (Wildman–Crippen LogP) is 1.06. The summed E-state index contributed by atoms with van der Waals surface area (Å²) in [5, 5.41) is 0. The average Bonchev–Trinajstić information content (AvgIpc) is 2.78. The number of sulfone groups is 1. The molecule has 22 heavy (non-hydrogen) atoms. The molecule has 1 rings (SSSR count). The number of carbonyl (C=O) groups is 2. The number of amides is 2. The first-order valence-corrected chi connectivity index (χ1v) is 9.88. The zero-order chi connectivity index (χ0) is 16.8. The molecule has 0 saturated carbocycles. The van der Waals surface area contributed by atoms with E-state index in [1.807, 2.05) is 18.7 Å². The van der Waals surface area contributed by atoms with Gasteiger partial charge in [-0.2, -0.15) is 0 Å². The molecule has 2 amide bonds. The van der Waals surface area contributed by atoms with E-state index in [9.17, 15) is 18.0 Å². The zero-order valence-corrected chi connectivity index (χ0v) is 14.7. The lowest BCUT2D eigenvalue weighted by molar-refractivity contribution is -0.134. The van der Waals surface area contributed by atoms with E-state index in [-0.39, 0.29) is 35.8 Å². The molecule has 1 saturated heterocycles. The maximum absolute atomic E-state index is 12.3. The highest BCUT2D eigenvalue weighted by molar-refractivity contribution is 7.91. The van der Waals surface area contributed by atoms with E-state index in [1.54, 1.807) is 4.90 Å². The van der Waals surface area contributed by atoms with Gasteiger partial charge < -0.3 is 9.80 Å². The summed E-state index contributed by atoms with van der Waals surface area (Å²) in [5.41, 5.74) is 0. The van der Waals surface area contributed by atoms with Gasteiger partial charge in [0.05, 0.1) is 11.5 Å². The average molecular weight is 332 g/mol. The lowest BCUT2D eigenvalue weighted by atomic mass is 10.2. The summed E-state index contributed by atoms with van der Waals surface area (Å²) in [4.78, 5) is 27.4. The number of hydrogen-bond donors (Lipinski definition) is 0. The molecule has 0 aliphatic carbocycles. The topological polar surface area (TPSA) is 74.8 Å². The molecule has 1 atom stereocenters. The van der Waals surface area contributed by atoms with Crippen LogP contribution < -0.4 is 0 Å². The molecule has 1 heterocycles. The maximum atomic E-state index is 12.3. The third-order valence-electron chi connectivity index (χ3n) is 3.96. The first-order valence-electron chi connectivity index (χ1n) is 8.06. The van der Waals surface area contributed by atoms with Crippen molar-refractivity contribution < 1.29 is 18.0 Å². The number of rotatable bonds is 8. The fourth-order valence-corrected chi connectivity index (χ4v) is 4.62. The monoisotopic (exact) mass is 332 g/mol. The Morgan fingerprint density at radius 1 is 1.09 bits per heavy atom. The van der Waals surface area contributed by atoms with E-state index < -0.39 is 9.84 Å². The minimum atomic E-state index is -3.04. The van der Waals surface area contributed by atoms with Gasteiger partial charge in [0.15, 0.2) is 9.84 Å². The van der Waals surface area contributed by atoms with Gasteiger partial charge in [-0.1, -0.05) is 13.8 Å². The van der Waals surface area contributed by atoms with Gasteiger partial charge in [-0.3, -0.25) is 9.59 Å². The third-order valence-corrected chi connectivity index (χ3v) is 5.71. The summed E-state index contributed by atoms with van der Waals surface area (Å²) in [7, 11) is -3.04. The predicted molar refractivity (Wildman–Crippen MR) is 86.2 cm³/mol. The van der Waals surface area contributed by atoms with E-state index >= 15 is 0 Å². The SMILES string of the molecule is CCCN(CCC)C(=O)CCN(C(C)=O)C1CCS(=O)(=O)C1. The summed E-state index contributed by atoms with van der Waals surface area (Å²) < 4.78 is 23.1. The smallest absolute Gasteiger partial charge is 0.224 e. The van der Waals surface area contributed by atoms with Crippen molar-refractivity contribution in [1.82, 2.24) is 9.80 Å². The highest BCUT2D eigenvalue weighted by Gasteiger charge is 2.33. The fraction of sp³-hybridized carbons (Fsp3) is 0.867. The highest BCUT2D eigenvalue weighted by Crippen LogP contribution is 2.18. The summed E-state index contributed by atoms with van der Waals surface area (Å²) in [6, 6.07) is -0.277. The molecule has 6 nitrogen and oxygen atoms in total. The quantitative estimate of drug-likeness (QED) is 0.666. The molecule has 7 heteroatoms. The zero-order valence-electron chi connectivity index (χ0n) is 13.9. The Labute approximate surface area is 133 Å². The largest absolute Gasteiger partial charge is 0.343 e. The second-order valence-corrected chi connectivity index (χ2v) is 8.13.